The molecule has 0 saturated carbocycles. The highest BCUT2D eigenvalue weighted by Gasteiger charge is 2.29. The number of hydrogen-bond donors (Lipinski definition) is 4. The molecular formula is C69H122O16P2. The van der Waals surface area contributed by atoms with Gasteiger partial charge in [-0.3, -0.25) is 32.5 Å². The minimum absolute atomic E-state index is 0.0915. The molecule has 0 aliphatic rings. The summed E-state index contributed by atoms with van der Waals surface area (Å²) in [7, 11) is -9.77. The molecule has 5 unspecified atom stereocenters. The second-order valence-electron chi connectivity index (χ2n) is 22.6. The van der Waals surface area contributed by atoms with E-state index < -0.39 is 91.5 Å². The van der Waals surface area contributed by atoms with Crippen LogP contribution in [0.3, 0.4) is 0 Å². The van der Waals surface area contributed by atoms with Gasteiger partial charge in [-0.2, -0.15) is 0 Å². The van der Waals surface area contributed by atoms with Crippen LogP contribution in [-0.4, -0.2) is 95.9 Å². The van der Waals surface area contributed by atoms with Gasteiger partial charge in [0.1, 0.15) is 25.4 Å². The molecule has 4 N–H and O–H groups in total. The van der Waals surface area contributed by atoms with Crippen LogP contribution in [0.1, 0.15) is 278 Å². The van der Waals surface area contributed by atoms with Gasteiger partial charge in [-0.1, -0.05) is 228 Å². The fourth-order valence-electron chi connectivity index (χ4n) is 8.80. The minimum Gasteiger partial charge on any atom is -0.463 e. The lowest BCUT2D eigenvalue weighted by Crippen LogP contribution is -2.30. The van der Waals surface area contributed by atoms with E-state index >= 15 is 0 Å². The van der Waals surface area contributed by atoms with E-state index in [0.717, 1.165) is 135 Å². The lowest BCUT2D eigenvalue weighted by molar-refractivity contribution is -0.161. The van der Waals surface area contributed by atoms with Gasteiger partial charge in [0.2, 0.25) is 0 Å². The lowest BCUT2D eigenvalue weighted by Gasteiger charge is -2.21. The maximum Gasteiger partial charge on any atom is 0.472 e. The Labute approximate surface area is 527 Å². The van der Waals surface area contributed by atoms with Crippen molar-refractivity contribution >= 4 is 33.6 Å². The van der Waals surface area contributed by atoms with E-state index in [9.17, 15) is 43.5 Å². The normalized spacial score (nSPS) is 14.8. The highest BCUT2D eigenvalue weighted by atomic mass is 31.2. The van der Waals surface area contributed by atoms with Crippen LogP contribution in [-0.2, 0) is 55.8 Å². The van der Waals surface area contributed by atoms with Gasteiger partial charge in [0.05, 0.1) is 26.4 Å². The van der Waals surface area contributed by atoms with Gasteiger partial charge >= 0.3 is 33.6 Å². The van der Waals surface area contributed by atoms with Crippen LogP contribution >= 0.6 is 15.6 Å². The molecule has 18 heteroatoms. The van der Waals surface area contributed by atoms with Gasteiger partial charge in [0.15, 0.2) is 6.10 Å². The third-order valence-electron chi connectivity index (χ3n) is 14.1. The number of ether oxygens (including phenoxy) is 3. The second-order valence-corrected chi connectivity index (χ2v) is 25.5. The van der Waals surface area contributed by atoms with E-state index in [4.69, 9.17) is 32.3 Å². The quantitative estimate of drug-likeness (QED) is 0.0146. The van der Waals surface area contributed by atoms with Gasteiger partial charge in [-0.05, 0) is 116 Å². The second kappa shape index (κ2) is 62.9. The third-order valence-corrected chi connectivity index (χ3v) is 16.0. The summed E-state index contributed by atoms with van der Waals surface area (Å²) in [4.78, 5) is 58.2. The molecule has 87 heavy (non-hydrogen) atoms. The molecule has 0 spiro atoms. The number of aliphatic hydroxyl groups is 2. The molecule has 0 fully saturated rings. The molecule has 16 nitrogen and oxygen atoms in total. The molecule has 0 heterocycles. The lowest BCUT2D eigenvalue weighted by atomic mass is 10.1. The molecule has 0 aromatic carbocycles. The molecule has 5 atom stereocenters. The summed E-state index contributed by atoms with van der Waals surface area (Å²) >= 11 is 0. The molecule has 0 radical (unpaired) electrons. The summed E-state index contributed by atoms with van der Waals surface area (Å²) in [5, 5.41) is 20.5. The van der Waals surface area contributed by atoms with Crippen LogP contribution in [0.2, 0.25) is 0 Å². The fourth-order valence-corrected chi connectivity index (χ4v) is 10.4. The summed E-state index contributed by atoms with van der Waals surface area (Å²) in [5.74, 6) is -1.60. The summed E-state index contributed by atoms with van der Waals surface area (Å²) in [6.45, 7) is 2.54. The Morgan fingerprint density at radius 1 is 0.322 bits per heavy atom. The zero-order valence-corrected chi connectivity index (χ0v) is 56.2. The minimum atomic E-state index is -4.92. The molecule has 0 amide bonds. The average Bonchev–Trinajstić information content (AvgIpc) is 3.71. The highest BCUT2D eigenvalue weighted by molar-refractivity contribution is 7.47. The maximum atomic E-state index is 12.8. The molecule has 0 aromatic rings. The molecule has 0 rings (SSSR count). The molecule has 0 saturated heterocycles. The van der Waals surface area contributed by atoms with Crippen molar-refractivity contribution in [2.45, 2.75) is 296 Å². The van der Waals surface area contributed by atoms with Crippen molar-refractivity contribution in [3.63, 3.8) is 0 Å². The summed E-state index contributed by atoms with van der Waals surface area (Å²) in [6.07, 6.45) is 66.5. The maximum absolute atomic E-state index is 12.8. The van der Waals surface area contributed by atoms with E-state index in [1.54, 1.807) is 0 Å². The van der Waals surface area contributed by atoms with Gasteiger partial charge < -0.3 is 34.2 Å². The Kier molecular flexibility index (Phi) is 60.5. The number of carbonyl (C=O) groups is 3. The first kappa shape index (κ1) is 83.7. The van der Waals surface area contributed by atoms with Crippen molar-refractivity contribution in [2.24, 2.45) is 0 Å². The molecular weight excluding hydrogens is 1150 g/mol. The van der Waals surface area contributed by atoms with Crippen molar-refractivity contribution in [1.82, 2.24) is 0 Å². The van der Waals surface area contributed by atoms with Gasteiger partial charge in [-0.15, -0.1) is 0 Å². The van der Waals surface area contributed by atoms with Crippen LogP contribution in [0.15, 0.2) is 85.1 Å². The SMILES string of the molecule is CCCC/C=C\CCCCCCCC(=O)OC(COC(=O)CCCCCCC/C=C\C/C=C\CCCCC)COP(=O)(O)OCC(O)COP(=O)(O)OCC(O)COC(=O)CCCCCCCCCCC/C=C\C/C=C\C/C=C\C/C=C\CCCCC. The summed E-state index contributed by atoms with van der Waals surface area (Å²) in [5.41, 5.74) is 0. The monoisotopic (exact) mass is 1270 g/mol. The van der Waals surface area contributed by atoms with E-state index in [2.05, 4.69) is 106 Å². The van der Waals surface area contributed by atoms with Crippen molar-refractivity contribution in [3.05, 3.63) is 85.1 Å². The van der Waals surface area contributed by atoms with Crippen molar-refractivity contribution < 1.29 is 75.8 Å². The number of phosphoric acid groups is 2. The first-order valence-electron chi connectivity index (χ1n) is 33.9. The van der Waals surface area contributed by atoms with Crippen molar-refractivity contribution in [3.8, 4) is 0 Å². The van der Waals surface area contributed by atoms with Gasteiger partial charge in [-0.25, -0.2) is 9.13 Å². The smallest absolute Gasteiger partial charge is 0.463 e. The summed E-state index contributed by atoms with van der Waals surface area (Å²) in [6, 6.07) is 0. The number of phosphoric ester groups is 2. The number of hydrogen-bond acceptors (Lipinski definition) is 14. The standard InChI is InChI=1S/C69H122O16P2/c1-4-7-10-13-16-19-22-24-26-27-28-29-30-31-32-33-34-35-37-39-41-43-46-49-52-55-67(72)79-58-64(70)59-81-86(75,76)82-60-65(71)61-83-87(77,78)84-63-66(85-69(74)57-54-51-48-45-40-21-18-15-12-9-6-3)62-80-68(73)56-53-50-47-44-42-38-36-25-23-20-17-14-11-8-5-2/h15-20,24-26,28-29,31-32,36,64-66,70-71H,4-14,21-23,27,30,33-35,37-63H2,1-3H3,(H,75,76)(H,77,78)/b18-15-,19-16-,20-17-,26-24-,29-28-,32-31-,36-25-. The third kappa shape index (κ3) is 64.1. The Balaban J connectivity index is 4.50. The Morgan fingerprint density at radius 2 is 0.586 bits per heavy atom. The predicted octanol–water partition coefficient (Wildman–Crippen LogP) is 18.5. The first-order valence-corrected chi connectivity index (χ1v) is 36.9. The number of esters is 3. The topological polar surface area (TPSA) is 231 Å². The molecule has 0 aliphatic carbocycles. The van der Waals surface area contributed by atoms with Crippen LogP contribution < -0.4 is 0 Å². The van der Waals surface area contributed by atoms with E-state index in [1.165, 1.54) is 83.5 Å². The highest BCUT2D eigenvalue weighted by Crippen LogP contribution is 2.45. The number of allylic oxidation sites excluding steroid dienone is 14. The number of unbranched alkanes of at least 4 members (excludes halogenated alkanes) is 27. The number of rotatable bonds is 64. The first-order chi connectivity index (χ1) is 42.2. The number of carbonyl (C=O) groups excluding carboxylic acids is 3. The average molecular weight is 1270 g/mol. The van der Waals surface area contributed by atoms with E-state index in [0.29, 0.717) is 19.3 Å². The molecule has 0 bridgehead atoms. The van der Waals surface area contributed by atoms with Crippen LogP contribution in [0.5, 0.6) is 0 Å². The van der Waals surface area contributed by atoms with E-state index in [-0.39, 0.29) is 19.3 Å². The summed E-state index contributed by atoms with van der Waals surface area (Å²) < 4.78 is 60.7. The van der Waals surface area contributed by atoms with Crippen molar-refractivity contribution in [2.75, 3.05) is 39.6 Å². The van der Waals surface area contributed by atoms with E-state index in [1.807, 2.05) is 0 Å². The molecule has 504 valence electrons. The van der Waals surface area contributed by atoms with Gasteiger partial charge in [0, 0.05) is 19.3 Å². The number of aliphatic hydroxyl groups excluding tert-OH is 2. The molecule has 0 aliphatic heterocycles. The Morgan fingerprint density at radius 3 is 0.954 bits per heavy atom. The van der Waals surface area contributed by atoms with Crippen molar-refractivity contribution in [1.29, 1.82) is 0 Å². The fraction of sp³-hybridized carbons (Fsp3) is 0.754. The van der Waals surface area contributed by atoms with Gasteiger partial charge in [0.25, 0.3) is 0 Å². The predicted molar refractivity (Wildman–Crippen MR) is 353 cm³/mol. The molecule has 0 aromatic heterocycles. The zero-order valence-electron chi connectivity index (χ0n) is 54.4. The van der Waals surface area contributed by atoms with Crippen LogP contribution in [0.4, 0.5) is 0 Å². The Hall–Kier alpha value is -3.27. The Bertz CT molecular complexity index is 1930. The van der Waals surface area contributed by atoms with Crippen LogP contribution in [0, 0.1) is 0 Å². The zero-order chi connectivity index (χ0) is 63.8. The van der Waals surface area contributed by atoms with Crippen LogP contribution in [0.25, 0.3) is 0 Å². The largest absolute Gasteiger partial charge is 0.472 e.